The van der Waals surface area contributed by atoms with Gasteiger partial charge in [-0.25, -0.2) is 0 Å². The summed E-state index contributed by atoms with van der Waals surface area (Å²) in [6.45, 7) is -0.0288. The van der Waals surface area contributed by atoms with Crippen LogP contribution in [0.4, 0.5) is 0 Å². The van der Waals surface area contributed by atoms with Crippen LogP contribution in [0.2, 0.25) is 0 Å². The van der Waals surface area contributed by atoms with Gasteiger partial charge in [-0.3, -0.25) is 9.59 Å². The molecule has 5 heteroatoms. The summed E-state index contributed by atoms with van der Waals surface area (Å²) in [6.07, 6.45) is 0.423. The van der Waals surface area contributed by atoms with Crippen LogP contribution in [0.5, 0.6) is 0 Å². The number of amides is 2. The molecule has 0 aliphatic carbocycles. The van der Waals surface area contributed by atoms with Crippen molar-refractivity contribution < 1.29 is 14.7 Å². The minimum absolute atomic E-state index is 0.0288. The highest BCUT2D eigenvalue weighted by molar-refractivity contribution is 5.99. The summed E-state index contributed by atoms with van der Waals surface area (Å²) in [5, 5.41) is 12.2. The lowest BCUT2D eigenvalue weighted by atomic mass is 10.0. The van der Waals surface area contributed by atoms with Crippen LogP contribution in [0.25, 0.3) is 0 Å². The Kier molecular flexibility index (Phi) is 6.09. The van der Waals surface area contributed by atoms with E-state index < -0.39 is 0 Å². The van der Waals surface area contributed by atoms with Crippen LogP contribution in [0, 0.1) is 0 Å². The van der Waals surface area contributed by atoms with Gasteiger partial charge < -0.3 is 15.3 Å². The predicted octanol–water partition coefficient (Wildman–Crippen LogP) is 2.24. The van der Waals surface area contributed by atoms with Gasteiger partial charge in [0.25, 0.3) is 11.8 Å². The van der Waals surface area contributed by atoms with Gasteiger partial charge in [0.1, 0.15) is 0 Å². The number of hydrogen-bond acceptors (Lipinski definition) is 3. The fraction of sp³-hybridized carbons (Fsp3) is 0.263. The number of carbonyl (C=O) groups is 2. The quantitative estimate of drug-likeness (QED) is 0.855. The summed E-state index contributed by atoms with van der Waals surface area (Å²) in [5.74, 6) is -0.426. The van der Waals surface area contributed by atoms with E-state index in [0.717, 1.165) is 5.56 Å². The summed E-state index contributed by atoms with van der Waals surface area (Å²) < 4.78 is 0. The third-order valence-corrected chi connectivity index (χ3v) is 3.70. The van der Waals surface area contributed by atoms with Crippen LogP contribution >= 0.6 is 0 Å². The molecule has 2 rings (SSSR count). The largest absolute Gasteiger partial charge is 0.396 e. The van der Waals surface area contributed by atoms with E-state index in [1.54, 1.807) is 38.4 Å². The molecule has 0 aliphatic rings. The second kappa shape index (κ2) is 8.26. The number of rotatable bonds is 6. The molecule has 1 unspecified atom stereocenters. The maximum atomic E-state index is 12.5. The molecule has 0 heterocycles. The smallest absolute Gasteiger partial charge is 0.253 e. The maximum Gasteiger partial charge on any atom is 0.253 e. The Bertz CT molecular complexity index is 699. The lowest BCUT2D eigenvalue weighted by Gasteiger charge is -2.18. The van der Waals surface area contributed by atoms with Crippen molar-refractivity contribution >= 4 is 11.8 Å². The second-order valence-corrected chi connectivity index (χ2v) is 5.73. The topological polar surface area (TPSA) is 69.6 Å². The van der Waals surface area contributed by atoms with Gasteiger partial charge in [-0.15, -0.1) is 0 Å². The lowest BCUT2D eigenvalue weighted by Crippen LogP contribution is -2.29. The summed E-state index contributed by atoms with van der Waals surface area (Å²) in [7, 11) is 3.34. The number of aliphatic hydroxyl groups is 1. The molecule has 0 bridgehead atoms. The first-order chi connectivity index (χ1) is 11.5. The van der Waals surface area contributed by atoms with E-state index in [4.69, 9.17) is 0 Å². The van der Waals surface area contributed by atoms with Gasteiger partial charge in [-0.05, 0) is 30.2 Å². The highest BCUT2D eigenvalue weighted by Gasteiger charge is 2.17. The van der Waals surface area contributed by atoms with Gasteiger partial charge in [-0.1, -0.05) is 36.4 Å². The van der Waals surface area contributed by atoms with E-state index in [-0.39, 0.29) is 24.5 Å². The molecule has 24 heavy (non-hydrogen) atoms. The number of aliphatic hydroxyl groups excluding tert-OH is 1. The fourth-order valence-electron chi connectivity index (χ4n) is 2.43. The van der Waals surface area contributed by atoms with Crippen LogP contribution in [-0.4, -0.2) is 42.5 Å². The van der Waals surface area contributed by atoms with Crippen molar-refractivity contribution in [3.8, 4) is 0 Å². The second-order valence-electron chi connectivity index (χ2n) is 5.73. The average Bonchev–Trinajstić information content (AvgIpc) is 2.61. The fourth-order valence-corrected chi connectivity index (χ4v) is 2.43. The molecule has 0 spiro atoms. The first-order valence-electron chi connectivity index (χ1n) is 7.81. The Balaban J connectivity index is 2.18. The maximum absolute atomic E-state index is 12.5. The van der Waals surface area contributed by atoms with Crippen LogP contribution in [0.3, 0.4) is 0 Å². The molecule has 0 aromatic heterocycles. The zero-order valence-electron chi connectivity index (χ0n) is 13.9. The van der Waals surface area contributed by atoms with Gasteiger partial charge in [0, 0.05) is 31.8 Å². The van der Waals surface area contributed by atoms with E-state index in [1.807, 2.05) is 30.3 Å². The highest BCUT2D eigenvalue weighted by Crippen LogP contribution is 2.17. The Morgan fingerprint density at radius 2 is 1.71 bits per heavy atom. The standard InChI is InChI=1S/C19H22N2O3/c1-21(2)19(24)16-10-6-9-15(13-16)18(23)20-17(11-12-22)14-7-4-3-5-8-14/h3-10,13,17,22H,11-12H2,1-2H3,(H,20,23). The lowest BCUT2D eigenvalue weighted by molar-refractivity contribution is 0.0827. The zero-order chi connectivity index (χ0) is 17.5. The van der Waals surface area contributed by atoms with Crippen LogP contribution < -0.4 is 5.32 Å². The minimum Gasteiger partial charge on any atom is -0.396 e. The van der Waals surface area contributed by atoms with E-state index in [1.165, 1.54) is 4.90 Å². The zero-order valence-corrected chi connectivity index (χ0v) is 13.9. The Hall–Kier alpha value is -2.66. The molecular formula is C19H22N2O3. The van der Waals surface area contributed by atoms with Gasteiger partial charge in [0.05, 0.1) is 6.04 Å². The molecule has 5 nitrogen and oxygen atoms in total. The predicted molar refractivity (Wildman–Crippen MR) is 92.8 cm³/mol. The highest BCUT2D eigenvalue weighted by atomic mass is 16.3. The van der Waals surface area contributed by atoms with E-state index in [9.17, 15) is 14.7 Å². The average molecular weight is 326 g/mol. The van der Waals surface area contributed by atoms with E-state index in [0.29, 0.717) is 17.5 Å². The molecule has 0 fully saturated rings. The molecule has 2 amide bonds. The molecule has 2 aromatic rings. The molecule has 0 saturated carbocycles. The molecule has 1 atom stereocenters. The monoisotopic (exact) mass is 326 g/mol. The van der Waals surface area contributed by atoms with Crippen molar-refractivity contribution in [3.63, 3.8) is 0 Å². The first-order valence-corrected chi connectivity index (χ1v) is 7.81. The Labute approximate surface area is 141 Å². The number of benzene rings is 2. The Morgan fingerprint density at radius 3 is 2.33 bits per heavy atom. The number of nitrogens with one attached hydrogen (secondary N) is 1. The molecule has 2 N–H and O–H groups in total. The summed E-state index contributed by atoms with van der Waals surface area (Å²) >= 11 is 0. The van der Waals surface area contributed by atoms with Crippen molar-refractivity contribution in [2.75, 3.05) is 20.7 Å². The van der Waals surface area contributed by atoms with E-state index >= 15 is 0 Å². The van der Waals surface area contributed by atoms with Gasteiger partial charge in [-0.2, -0.15) is 0 Å². The van der Waals surface area contributed by atoms with Crippen molar-refractivity contribution in [2.24, 2.45) is 0 Å². The third-order valence-electron chi connectivity index (χ3n) is 3.70. The van der Waals surface area contributed by atoms with Crippen molar-refractivity contribution in [1.29, 1.82) is 0 Å². The van der Waals surface area contributed by atoms with Crippen molar-refractivity contribution in [1.82, 2.24) is 10.2 Å². The van der Waals surface area contributed by atoms with E-state index in [2.05, 4.69) is 5.32 Å². The summed E-state index contributed by atoms with van der Waals surface area (Å²) in [5.41, 5.74) is 1.81. The normalized spacial score (nSPS) is 11.6. The van der Waals surface area contributed by atoms with Crippen molar-refractivity contribution in [2.45, 2.75) is 12.5 Å². The number of carbonyl (C=O) groups excluding carboxylic acids is 2. The third kappa shape index (κ3) is 4.43. The minimum atomic E-state index is -0.281. The van der Waals surface area contributed by atoms with Gasteiger partial charge >= 0.3 is 0 Å². The first kappa shape index (κ1) is 17.7. The van der Waals surface area contributed by atoms with Gasteiger partial charge in [0.2, 0.25) is 0 Å². The van der Waals surface area contributed by atoms with Crippen molar-refractivity contribution in [3.05, 3.63) is 71.3 Å². The van der Waals surface area contributed by atoms with Crippen LogP contribution in [0.1, 0.15) is 38.7 Å². The molecule has 0 saturated heterocycles. The molecule has 126 valence electrons. The number of hydrogen-bond donors (Lipinski definition) is 2. The van der Waals surface area contributed by atoms with Gasteiger partial charge in [0.15, 0.2) is 0 Å². The van der Waals surface area contributed by atoms with Crippen LogP contribution in [0.15, 0.2) is 54.6 Å². The molecule has 0 aliphatic heterocycles. The van der Waals surface area contributed by atoms with Crippen LogP contribution in [-0.2, 0) is 0 Å². The Morgan fingerprint density at radius 1 is 1.04 bits per heavy atom. The SMILES string of the molecule is CN(C)C(=O)c1cccc(C(=O)NC(CCO)c2ccccc2)c1. The number of nitrogens with zero attached hydrogens (tertiary/aromatic N) is 1. The summed E-state index contributed by atoms with van der Waals surface area (Å²) in [4.78, 5) is 26.0. The molecule has 2 aromatic carbocycles. The summed E-state index contributed by atoms with van der Waals surface area (Å²) in [6, 6.07) is 15.8. The molecule has 0 radical (unpaired) electrons. The molecular weight excluding hydrogens is 304 g/mol.